The minimum absolute atomic E-state index is 0.0306. The summed E-state index contributed by atoms with van der Waals surface area (Å²) in [5.41, 5.74) is 0. The second-order valence-corrected chi connectivity index (χ2v) is 7.17. The first-order valence-corrected chi connectivity index (χ1v) is 7.38. The van der Waals surface area contributed by atoms with E-state index in [0.29, 0.717) is 13.0 Å². The molecule has 0 aliphatic heterocycles. The average molecular weight is 249 g/mol. The molecule has 0 unspecified atom stereocenters. The summed E-state index contributed by atoms with van der Waals surface area (Å²) >= 11 is 1.13. The first-order chi connectivity index (χ1) is 6.93. The standard InChI is InChI=1S/C9H15NO3S2/c1-8(2)15(12,13)7-3-4-10-5-6-14-9(10)11/h5-6,8H,3-4,7H2,1-2H3. The van der Waals surface area contributed by atoms with Gasteiger partial charge >= 0.3 is 4.87 Å². The predicted molar refractivity (Wildman–Crippen MR) is 62.1 cm³/mol. The van der Waals surface area contributed by atoms with E-state index >= 15 is 0 Å². The molecule has 15 heavy (non-hydrogen) atoms. The molecule has 0 aliphatic rings. The van der Waals surface area contributed by atoms with Crippen LogP contribution in [-0.4, -0.2) is 24.0 Å². The van der Waals surface area contributed by atoms with Gasteiger partial charge in [-0.3, -0.25) is 4.79 Å². The topological polar surface area (TPSA) is 56.1 Å². The normalized spacial score (nSPS) is 12.2. The zero-order chi connectivity index (χ0) is 11.5. The van der Waals surface area contributed by atoms with Crippen LogP contribution < -0.4 is 4.87 Å². The highest BCUT2D eigenvalue weighted by Crippen LogP contribution is 2.03. The molecule has 0 N–H and O–H groups in total. The summed E-state index contributed by atoms with van der Waals surface area (Å²) < 4.78 is 24.5. The van der Waals surface area contributed by atoms with Gasteiger partial charge in [-0.25, -0.2) is 8.42 Å². The summed E-state index contributed by atoms with van der Waals surface area (Å²) in [4.78, 5) is 11.1. The molecule has 0 amide bonds. The number of sulfone groups is 1. The third kappa shape index (κ3) is 3.46. The van der Waals surface area contributed by atoms with E-state index in [2.05, 4.69) is 0 Å². The SMILES string of the molecule is CC(C)S(=O)(=O)CCCn1ccsc1=O. The van der Waals surface area contributed by atoms with Crippen LogP contribution in [0.15, 0.2) is 16.4 Å². The molecule has 1 heterocycles. The van der Waals surface area contributed by atoms with Crippen LogP contribution in [0.5, 0.6) is 0 Å². The molecular formula is C9H15NO3S2. The van der Waals surface area contributed by atoms with E-state index in [4.69, 9.17) is 0 Å². The number of thiazole rings is 1. The molecule has 6 heteroatoms. The Hall–Kier alpha value is -0.620. The van der Waals surface area contributed by atoms with Crippen molar-refractivity contribution in [1.82, 2.24) is 4.57 Å². The summed E-state index contributed by atoms with van der Waals surface area (Å²) in [5.74, 6) is 0.146. The Morgan fingerprint density at radius 3 is 2.60 bits per heavy atom. The number of nitrogens with zero attached hydrogens (tertiary/aromatic N) is 1. The third-order valence-corrected chi connectivity index (χ3v) is 5.18. The monoisotopic (exact) mass is 249 g/mol. The number of hydrogen-bond donors (Lipinski definition) is 0. The van der Waals surface area contributed by atoms with Crippen LogP contribution in [0.25, 0.3) is 0 Å². The van der Waals surface area contributed by atoms with Crippen molar-refractivity contribution in [1.29, 1.82) is 0 Å². The van der Waals surface area contributed by atoms with Crippen LogP contribution in [0, 0.1) is 0 Å². The second-order valence-electron chi connectivity index (χ2n) is 3.63. The van der Waals surface area contributed by atoms with E-state index in [1.54, 1.807) is 30.0 Å². The van der Waals surface area contributed by atoms with Crippen molar-refractivity contribution in [3.05, 3.63) is 21.2 Å². The maximum absolute atomic E-state index is 11.5. The van der Waals surface area contributed by atoms with E-state index in [-0.39, 0.29) is 15.9 Å². The van der Waals surface area contributed by atoms with E-state index in [1.165, 1.54) is 0 Å². The van der Waals surface area contributed by atoms with Crippen LogP contribution >= 0.6 is 11.3 Å². The fraction of sp³-hybridized carbons (Fsp3) is 0.667. The lowest BCUT2D eigenvalue weighted by atomic mass is 10.5. The lowest BCUT2D eigenvalue weighted by Crippen LogP contribution is -2.20. The maximum atomic E-state index is 11.5. The average Bonchev–Trinajstić information content (AvgIpc) is 2.51. The largest absolute Gasteiger partial charge is 0.307 e. The first-order valence-electron chi connectivity index (χ1n) is 4.79. The molecule has 0 atom stereocenters. The lowest BCUT2D eigenvalue weighted by Gasteiger charge is -2.07. The molecule has 0 bridgehead atoms. The molecule has 0 saturated heterocycles. The van der Waals surface area contributed by atoms with Gasteiger partial charge in [0.1, 0.15) is 0 Å². The van der Waals surface area contributed by atoms with Gasteiger partial charge < -0.3 is 4.57 Å². The second kappa shape index (κ2) is 4.94. The minimum Gasteiger partial charge on any atom is -0.306 e. The van der Waals surface area contributed by atoms with Gasteiger partial charge in [0.2, 0.25) is 0 Å². The van der Waals surface area contributed by atoms with Crippen molar-refractivity contribution < 1.29 is 8.42 Å². The van der Waals surface area contributed by atoms with Crippen molar-refractivity contribution in [3.63, 3.8) is 0 Å². The molecule has 4 nitrogen and oxygen atoms in total. The molecule has 1 rings (SSSR count). The van der Waals surface area contributed by atoms with Gasteiger partial charge in [-0.05, 0) is 20.3 Å². The Morgan fingerprint density at radius 2 is 2.13 bits per heavy atom. The van der Waals surface area contributed by atoms with Gasteiger partial charge in [0.15, 0.2) is 9.84 Å². The van der Waals surface area contributed by atoms with Crippen LogP contribution in [0.3, 0.4) is 0 Å². The Morgan fingerprint density at radius 1 is 1.47 bits per heavy atom. The van der Waals surface area contributed by atoms with Crippen molar-refractivity contribution in [2.45, 2.75) is 32.1 Å². The summed E-state index contributed by atoms with van der Waals surface area (Å²) in [6.07, 6.45) is 2.19. The molecule has 86 valence electrons. The summed E-state index contributed by atoms with van der Waals surface area (Å²) in [7, 11) is -2.98. The highest BCUT2D eigenvalue weighted by atomic mass is 32.2. The number of aryl methyl sites for hydroxylation is 1. The third-order valence-electron chi connectivity index (χ3n) is 2.19. The van der Waals surface area contributed by atoms with Crippen molar-refractivity contribution in [2.75, 3.05) is 5.75 Å². The minimum atomic E-state index is -2.98. The molecular weight excluding hydrogens is 234 g/mol. The van der Waals surface area contributed by atoms with Gasteiger partial charge in [-0.15, -0.1) is 0 Å². The van der Waals surface area contributed by atoms with Gasteiger partial charge in [-0.1, -0.05) is 11.3 Å². The molecule has 0 spiro atoms. The number of aromatic nitrogens is 1. The molecule has 1 aromatic rings. The summed E-state index contributed by atoms with van der Waals surface area (Å²) in [6.45, 7) is 3.83. The predicted octanol–water partition coefficient (Wildman–Crippen LogP) is 1.12. The molecule has 1 aromatic heterocycles. The zero-order valence-corrected chi connectivity index (χ0v) is 10.5. The highest BCUT2D eigenvalue weighted by molar-refractivity contribution is 7.91. The molecule has 0 radical (unpaired) electrons. The van der Waals surface area contributed by atoms with Crippen molar-refractivity contribution in [2.24, 2.45) is 0 Å². The van der Waals surface area contributed by atoms with Crippen molar-refractivity contribution in [3.8, 4) is 0 Å². The Bertz CT molecular complexity index is 456. The van der Waals surface area contributed by atoms with Gasteiger partial charge in [0.05, 0.1) is 11.0 Å². The van der Waals surface area contributed by atoms with E-state index in [1.807, 2.05) is 0 Å². The van der Waals surface area contributed by atoms with Gasteiger partial charge in [-0.2, -0.15) is 0 Å². The molecule has 0 saturated carbocycles. The lowest BCUT2D eigenvalue weighted by molar-refractivity contribution is 0.577. The van der Waals surface area contributed by atoms with Crippen LogP contribution in [-0.2, 0) is 16.4 Å². The Balaban J connectivity index is 2.48. The van der Waals surface area contributed by atoms with Gasteiger partial charge in [0.25, 0.3) is 0 Å². The zero-order valence-electron chi connectivity index (χ0n) is 8.84. The number of hydrogen-bond acceptors (Lipinski definition) is 4. The first kappa shape index (κ1) is 12.4. The Labute approximate surface area is 93.5 Å². The van der Waals surface area contributed by atoms with Crippen LogP contribution in [0.2, 0.25) is 0 Å². The summed E-state index contributed by atoms with van der Waals surface area (Å²) in [5, 5.41) is 1.37. The van der Waals surface area contributed by atoms with Crippen LogP contribution in [0.4, 0.5) is 0 Å². The Kier molecular flexibility index (Phi) is 4.10. The van der Waals surface area contributed by atoms with Crippen LogP contribution in [0.1, 0.15) is 20.3 Å². The fourth-order valence-corrected chi connectivity index (χ4v) is 2.74. The van der Waals surface area contributed by atoms with Crippen molar-refractivity contribution >= 4 is 21.2 Å². The molecule has 0 fully saturated rings. The fourth-order valence-electron chi connectivity index (χ4n) is 1.13. The quantitative estimate of drug-likeness (QED) is 0.786. The molecule has 0 aliphatic carbocycles. The highest BCUT2D eigenvalue weighted by Gasteiger charge is 2.15. The molecule has 0 aromatic carbocycles. The van der Waals surface area contributed by atoms with E-state index in [9.17, 15) is 13.2 Å². The van der Waals surface area contributed by atoms with E-state index < -0.39 is 9.84 Å². The smallest absolute Gasteiger partial charge is 0.306 e. The summed E-state index contributed by atoms with van der Waals surface area (Å²) in [6, 6.07) is 0. The van der Waals surface area contributed by atoms with E-state index in [0.717, 1.165) is 11.3 Å². The maximum Gasteiger partial charge on any atom is 0.307 e. The number of rotatable bonds is 5. The van der Waals surface area contributed by atoms with Gasteiger partial charge in [0, 0.05) is 18.1 Å².